The van der Waals surface area contributed by atoms with E-state index < -0.39 is 10.0 Å². The van der Waals surface area contributed by atoms with Gasteiger partial charge in [-0.25, -0.2) is 8.42 Å². The van der Waals surface area contributed by atoms with Crippen molar-refractivity contribution in [2.24, 2.45) is 0 Å². The Morgan fingerprint density at radius 2 is 1.42 bits per heavy atom. The Balaban J connectivity index is 1.25. The highest BCUT2D eigenvalue weighted by Crippen LogP contribution is 2.25. The fourth-order valence-corrected chi connectivity index (χ4v) is 6.12. The molecule has 2 fully saturated rings. The maximum atomic E-state index is 13.1. The van der Waals surface area contributed by atoms with Crippen LogP contribution in [0.1, 0.15) is 26.3 Å². The number of ether oxygens (including phenoxy) is 1. The summed E-state index contributed by atoms with van der Waals surface area (Å²) in [6, 6.07) is 15.2. The lowest BCUT2D eigenvalue weighted by Crippen LogP contribution is -2.54. The summed E-state index contributed by atoms with van der Waals surface area (Å²) < 4.78 is 33.0. The number of methoxy groups -OCH3 is 1. The minimum Gasteiger partial charge on any atom is -0.497 e. The van der Waals surface area contributed by atoms with E-state index in [0.717, 1.165) is 30.1 Å². The fourth-order valence-electron chi connectivity index (χ4n) is 4.70. The van der Waals surface area contributed by atoms with Gasteiger partial charge in [-0.2, -0.15) is 4.31 Å². The lowest BCUT2D eigenvalue weighted by atomic mass is 9.87. The molecule has 0 aliphatic carbocycles. The quantitative estimate of drug-likeness (QED) is 0.590. The summed E-state index contributed by atoms with van der Waals surface area (Å²) in [5.41, 5.74) is 2.21. The first-order valence-corrected chi connectivity index (χ1v) is 14.0. The number of benzene rings is 2. The van der Waals surface area contributed by atoms with E-state index >= 15 is 0 Å². The summed E-state index contributed by atoms with van der Waals surface area (Å²) in [7, 11) is -1.88. The van der Waals surface area contributed by atoms with Crippen LogP contribution in [0.4, 0.5) is 5.69 Å². The van der Waals surface area contributed by atoms with Crippen molar-refractivity contribution in [3.63, 3.8) is 0 Å². The molecule has 0 spiro atoms. The van der Waals surface area contributed by atoms with Crippen LogP contribution in [-0.4, -0.2) is 94.4 Å². The molecule has 2 aliphatic rings. The third-order valence-corrected chi connectivity index (χ3v) is 9.03. The Morgan fingerprint density at radius 3 is 1.94 bits per heavy atom. The van der Waals surface area contributed by atoms with Crippen molar-refractivity contribution < 1.29 is 17.9 Å². The highest BCUT2D eigenvalue weighted by atomic mass is 32.2. The van der Waals surface area contributed by atoms with Gasteiger partial charge in [0.1, 0.15) is 5.75 Å². The lowest BCUT2D eigenvalue weighted by molar-refractivity contribution is -0.133. The summed E-state index contributed by atoms with van der Waals surface area (Å²) in [4.78, 5) is 19.5. The molecule has 1 amide bonds. The number of sulfonamides is 1. The Morgan fingerprint density at radius 1 is 0.833 bits per heavy atom. The first-order valence-electron chi connectivity index (χ1n) is 12.6. The van der Waals surface area contributed by atoms with Crippen molar-refractivity contribution in [2.75, 3.05) is 70.9 Å². The molecule has 9 heteroatoms. The summed E-state index contributed by atoms with van der Waals surface area (Å²) in [6.07, 6.45) is 0. The Hall–Kier alpha value is -2.62. The van der Waals surface area contributed by atoms with Gasteiger partial charge in [0.25, 0.3) is 0 Å². The summed E-state index contributed by atoms with van der Waals surface area (Å²) in [6.45, 7) is 11.5. The van der Waals surface area contributed by atoms with E-state index in [9.17, 15) is 13.2 Å². The monoisotopic (exact) mass is 514 g/mol. The molecule has 4 rings (SSSR count). The molecule has 36 heavy (non-hydrogen) atoms. The van der Waals surface area contributed by atoms with Crippen LogP contribution in [0.5, 0.6) is 5.75 Å². The van der Waals surface area contributed by atoms with Crippen molar-refractivity contribution in [3.05, 3.63) is 54.1 Å². The van der Waals surface area contributed by atoms with Gasteiger partial charge in [-0.15, -0.1) is 0 Å². The van der Waals surface area contributed by atoms with Crippen LogP contribution in [0.2, 0.25) is 0 Å². The molecule has 2 aromatic rings. The zero-order chi connectivity index (χ0) is 25.9. The molecule has 0 aromatic heterocycles. The molecular formula is C27H38N4O4S. The molecule has 0 radical (unpaired) electrons. The predicted molar refractivity (Wildman–Crippen MR) is 142 cm³/mol. The van der Waals surface area contributed by atoms with Gasteiger partial charge in [-0.05, 0) is 47.4 Å². The fraction of sp³-hybridized carbons (Fsp3) is 0.519. The highest BCUT2D eigenvalue weighted by Gasteiger charge is 2.30. The van der Waals surface area contributed by atoms with Gasteiger partial charge in [-0.1, -0.05) is 32.9 Å². The van der Waals surface area contributed by atoms with Gasteiger partial charge in [0, 0.05) is 58.0 Å². The second kappa shape index (κ2) is 10.8. The van der Waals surface area contributed by atoms with Crippen molar-refractivity contribution >= 4 is 21.6 Å². The number of hydrogen-bond donors (Lipinski definition) is 0. The van der Waals surface area contributed by atoms with E-state index in [-0.39, 0.29) is 11.3 Å². The van der Waals surface area contributed by atoms with Crippen LogP contribution in [-0.2, 0) is 20.2 Å². The molecule has 0 saturated carbocycles. The molecule has 2 aliphatic heterocycles. The number of amides is 1. The minimum atomic E-state index is -3.54. The third kappa shape index (κ3) is 6.02. The zero-order valence-corrected chi connectivity index (χ0v) is 22.6. The Labute approximate surface area is 215 Å². The van der Waals surface area contributed by atoms with Crippen LogP contribution in [0.25, 0.3) is 0 Å². The molecule has 0 N–H and O–H groups in total. The van der Waals surface area contributed by atoms with E-state index in [1.807, 2.05) is 41.3 Å². The Bertz CT molecular complexity index is 1130. The van der Waals surface area contributed by atoms with E-state index in [4.69, 9.17) is 4.74 Å². The average Bonchev–Trinajstić information content (AvgIpc) is 2.89. The molecule has 196 valence electrons. The molecule has 8 nitrogen and oxygen atoms in total. The average molecular weight is 515 g/mol. The van der Waals surface area contributed by atoms with Crippen LogP contribution >= 0.6 is 0 Å². The SMILES string of the molecule is COc1ccc(N2CCN(C(=O)CN3CCN(S(=O)(=O)c4ccc(C(C)(C)C)cc4)CC3)CC2)cc1. The number of anilines is 1. The normalized spacial score (nSPS) is 18.3. The molecule has 2 heterocycles. The number of nitrogens with zero attached hydrogens (tertiary/aromatic N) is 4. The van der Waals surface area contributed by atoms with Gasteiger partial charge < -0.3 is 14.5 Å². The summed E-state index contributed by atoms with van der Waals surface area (Å²) >= 11 is 0. The number of hydrogen-bond acceptors (Lipinski definition) is 6. The second-order valence-electron chi connectivity index (χ2n) is 10.5. The smallest absolute Gasteiger partial charge is 0.243 e. The van der Waals surface area contributed by atoms with Gasteiger partial charge in [0.2, 0.25) is 15.9 Å². The number of piperazine rings is 2. The summed E-state index contributed by atoms with van der Waals surface area (Å²) in [5, 5.41) is 0. The third-order valence-electron chi connectivity index (χ3n) is 7.12. The molecule has 2 saturated heterocycles. The van der Waals surface area contributed by atoms with Crippen molar-refractivity contribution in [2.45, 2.75) is 31.1 Å². The topological polar surface area (TPSA) is 73.4 Å². The second-order valence-corrected chi connectivity index (χ2v) is 12.5. The first kappa shape index (κ1) is 26.4. The maximum Gasteiger partial charge on any atom is 0.243 e. The van der Waals surface area contributed by atoms with E-state index in [0.29, 0.717) is 50.7 Å². The zero-order valence-electron chi connectivity index (χ0n) is 21.8. The van der Waals surface area contributed by atoms with Crippen LogP contribution < -0.4 is 9.64 Å². The van der Waals surface area contributed by atoms with Crippen molar-refractivity contribution in [1.82, 2.24) is 14.1 Å². The number of carbonyl (C=O) groups is 1. The maximum absolute atomic E-state index is 13.1. The largest absolute Gasteiger partial charge is 0.497 e. The number of carbonyl (C=O) groups excluding carboxylic acids is 1. The minimum absolute atomic E-state index is 0.0250. The standard InChI is InChI=1S/C27H38N4O4S/c1-27(2,3)22-5-11-25(12-6-22)36(33,34)31-19-13-28(14-20-31)21-26(32)30-17-15-29(16-18-30)23-7-9-24(35-4)10-8-23/h5-12H,13-21H2,1-4H3. The van der Waals surface area contributed by atoms with Gasteiger partial charge in [-0.3, -0.25) is 9.69 Å². The molecule has 0 atom stereocenters. The van der Waals surface area contributed by atoms with E-state index in [1.165, 1.54) is 4.31 Å². The molecule has 2 aromatic carbocycles. The number of rotatable bonds is 6. The molecule has 0 bridgehead atoms. The molecule has 0 unspecified atom stereocenters. The Kier molecular flexibility index (Phi) is 7.92. The summed E-state index contributed by atoms with van der Waals surface area (Å²) in [5.74, 6) is 0.942. The van der Waals surface area contributed by atoms with Gasteiger partial charge in [0.15, 0.2) is 0 Å². The highest BCUT2D eigenvalue weighted by molar-refractivity contribution is 7.89. The van der Waals surface area contributed by atoms with Gasteiger partial charge in [0.05, 0.1) is 18.6 Å². The first-order chi connectivity index (χ1) is 17.1. The van der Waals surface area contributed by atoms with Crippen LogP contribution in [0.3, 0.4) is 0 Å². The predicted octanol–water partition coefficient (Wildman–Crippen LogP) is 2.65. The van der Waals surface area contributed by atoms with E-state index in [1.54, 1.807) is 19.2 Å². The van der Waals surface area contributed by atoms with Crippen LogP contribution in [0.15, 0.2) is 53.4 Å². The van der Waals surface area contributed by atoms with E-state index in [2.05, 4.69) is 30.6 Å². The van der Waals surface area contributed by atoms with Gasteiger partial charge >= 0.3 is 0 Å². The van der Waals surface area contributed by atoms with Crippen molar-refractivity contribution in [3.8, 4) is 5.75 Å². The molecular weight excluding hydrogens is 476 g/mol. The van der Waals surface area contributed by atoms with Crippen molar-refractivity contribution in [1.29, 1.82) is 0 Å². The lowest BCUT2D eigenvalue weighted by Gasteiger charge is -2.38. The van der Waals surface area contributed by atoms with Crippen LogP contribution in [0, 0.1) is 0 Å².